The molecule has 3 aliphatic rings. The van der Waals surface area contributed by atoms with E-state index in [0.29, 0.717) is 17.8 Å². The van der Waals surface area contributed by atoms with Crippen LogP contribution in [0.4, 0.5) is 0 Å². The van der Waals surface area contributed by atoms with Crippen LogP contribution in [0.1, 0.15) is 86.7 Å². The molecule has 2 aliphatic carbocycles. The number of fused-ring (bicyclic) bond motifs is 2. The summed E-state index contributed by atoms with van der Waals surface area (Å²) >= 11 is 0. The van der Waals surface area contributed by atoms with Crippen LogP contribution in [0.5, 0.6) is 0 Å². The number of rotatable bonds is 6. The number of nitrogens with zero attached hydrogens (tertiary/aromatic N) is 5. The first kappa shape index (κ1) is 26.1. The van der Waals surface area contributed by atoms with Crippen molar-refractivity contribution in [2.75, 3.05) is 0 Å². The average molecular weight is 550 g/mol. The molecule has 2 aromatic carbocycles. The molecule has 0 unspecified atom stereocenters. The zero-order chi connectivity index (χ0) is 28.0. The molecule has 0 radical (unpaired) electrons. The van der Waals surface area contributed by atoms with Gasteiger partial charge in [-0.3, -0.25) is 9.36 Å². The maximum absolute atomic E-state index is 14.3. The maximum atomic E-state index is 14.3. The van der Waals surface area contributed by atoms with E-state index in [-0.39, 0.29) is 23.8 Å². The lowest BCUT2D eigenvalue weighted by molar-refractivity contribution is -0.202. The van der Waals surface area contributed by atoms with Crippen LogP contribution in [0, 0.1) is 11.3 Å². The van der Waals surface area contributed by atoms with E-state index in [0.717, 1.165) is 79.3 Å². The molecule has 1 spiro atoms. The van der Waals surface area contributed by atoms with Gasteiger partial charge in [0.2, 0.25) is 5.78 Å². The molecule has 4 aromatic rings. The SMILES string of the molecule is CCCc1c(Cc2ccc(-c3ccccc3C#N)cc2)c(=O)n(C2CCC3(CC2)O[C@@H]2CCC[C@H]2O3)c2ncnn12. The molecule has 210 valence electrons. The molecule has 0 N–H and O–H groups in total. The van der Waals surface area contributed by atoms with E-state index in [4.69, 9.17) is 9.47 Å². The minimum atomic E-state index is -0.489. The molecule has 2 saturated carbocycles. The first-order valence-electron chi connectivity index (χ1n) is 15.0. The molecule has 2 aromatic heterocycles. The van der Waals surface area contributed by atoms with Crippen LogP contribution in [0.25, 0.3) is 16.9 Å². The van der Waals surface area contributed by atoms with Crippen LogP contribution in [0.3, 0.4) is 0 Å². The van der Waals surface area contributed by atoms with Crippen LogP contribution in [-0.2, 0) is 22.3 Å². The lowest BCUT2D eigenvalue weighted by Crippen LogP contribution is -2.40. The highest BCUT2D eigenvalue weighted by molar-refractivity contribution is 5.70. The topological polar surface area (TPSA) is 94.4 Å². The van der Waals surface area contributed by atoms with Gasteiger partial charge in [-0.1, -0.05) is 55.8 Å². The Morgan fingerprint density at radius 1 is 1.02 bits per heavy atom. The number of hydrogen-bond acceptors (Lipinski definition) is 6. The summed E-state index contributed by atoms with van der Waals surface area (Å²) in [6, 6.07) is 18.1. The van der Waals surface area contributed by atoms with Crippen LogP contribution in [-0.4, -0.2) is 37.2 Å². The molecular formula is C33H35N5O3. The van der Waals surface area contributed by atoms with Gasteiger partial charge in [0.25, 0.3) is 5.56 Å². The maximum Gasteiger partial charge on any atom is 0.259 e. The monoisotopic (exact) mass is 549 g/mol. The average Bonchev–Trinajstić information content (AvgIpc) is 3.73. The molecular weight excluding hydrogens is 514 g/mol. The largest absolute Gasteiger partial charge is 0.344 e. The van der Waals surface area contributed by atoms with E-state index in [1.165, 1.54) is 6.42 Å². The smallest absolute Gasteiger partial charge is 0.259 e. The molecule has 0 bridgehead atoms. The Labute approximate surface area is 239 Å². The van der Waals surface area contributed by atoms with Gasteiger partial charge in [0.1, 0.15) is 6.33 Å². The molecule has 3 heterocycles. The molecule has 3 fully saturated rings. The summed E-state index contributed by atoms with van der Waals surface area (Å²) < 4.78 is 16.7. The Hall–Kier alpha value is -3.80. The predicted octanol–water partition coefficient (Wildman–Crippen LogP) is 5.75. The van der Waals surface area contributed by atoms with Gasteiger partial charge in [0.15, 0.2) is 5.79 Å². The van der Waals surface area contributed by atoms with Gasteiger partial charge in [0, 0.05) is 30.9 Å². The van der Waals surface area contributed by atoms with Gasteiger partial charge in [0.05, 0.1) is 29.5 Å². The predicted molar refractivity (Wildman–Crippen MR) is 154 cm³/mol. The van der Waals surface area contributed by atoms with Gasteiger partial charge >= 0.3 is 0 Å². The molecule has 0 amide bonds. The molecule has 41 heavy (non-hydrogen) atoms. The van der Waals surface area contributed by atoms with Gasteiger partial charge in [-0.25, -0.2) is 4.52 Å². The second-order valence-electron chi connectivity index (χ2n) is 11.7. The summed E-state index contributed by atoms with van der Waals surface area (Å²) in [5, 5.41) is 14.1. The third-order valence-corrected chi connectivity index (χ3v) is 9.21. The number of aryl methyl sites for hydroxylation is 1. The number of benzene rings is 2. The highest BCUT2D eigenvalue weighted by atomic mass is 16.8. The normalized spacial score (nSPS) is 25.5. The first-order chi connectivity index (χ1) is 20.1. The van der Waals surface area contributed by atoms with Crippen molar-refractivity contribution in [2.24, 2.45) is 0 Å². The first-order valence-corrected chi connectivity index (χ1v) is 15.0. The minimum Gasteiger partial charge on any atom is -0.344 e. The molecule has 1 aliphatic heterocycles. The van der Waals surface area contributed by atoms with E-state index in [1.54, 1.807) is 6.33 Å². The van der Waals surface area contributed by atoms with Crippen LogP contribution < -0.4 is 5.56 Å². The fraction of sp³-hybridized carbons (Fsp3) is 0.455. The fourth-order valence-electron chi connectivity index (χ4n) is 7.19. The summed E-state index contributed by atoms with van der Waals surface area (Å²) in [5.74, 6) is 0.133. The van der Waals surface area contributed by atoms with E-state index in [9.17, 15) is 10.1 Å². The fourth-order valence-corrected chi connectivity index (χ4v) is 7.19. The second-order valence-corrected chi connectivity index (χ2v) is 11.7. The van der Waals surface area contributed by atoms with Gasteiger partial charge < -0.3 is 9.47 Å². The van der Waals surface area contributed by atoms with Crippen molar-refractivity contribution in [2.45, 2.75) is 95.2 Å². The number of ether oxygens (including phenoxy) is 2. The number of hydrogen-bond donors (Lipinski definition) is 0. The summed E-state index contributed by atoms with van der Waals surface area (Å²) in [6.45, 7) is 2.12. The van der Waals surface area contributed by atoms with Crippen molar-refractivity contribution in [3.8, 4) is 17.2 Å². The van der Waals surface area contributed by atoms with Crippen molar-refractivity contribution in [1.82, 2.24) is 19.2 Å². The lowest BCUT2D eigenvalue weighted by atomic mass is 9.89. The highest BCUT2D eigenvalue weighted by Gasteiger charge is 2.51. The van der Waals surface area contributed by atoms with Crippen molar-refractivity contribution in [3.63, 3.8) is 0 Å². The standard InChI is InChI=1S/C33H35N5O3/c1-2-6-28-27(19-22-11-13-23(14-12-22)26-8-4-3-7-24(26)20-34)31(39)37(32-35-21-36-38(28)32)25-15-17-33(18-16-25)40-29-9-5-10-30(29)41-33/h3-4,7-8,11-14,21,25,29-30H,2,5-6,9-10,15-19H2,1H3/t29-,30-/m1/s1. The third kappa shape index (κ3) is 4.58. The zero-order valence-corrected chi connectivity index (χ0v) is 23.5. The van der Waals surface area contributed by atoms with Gasteiger partial charge in [-0.15, -0.1) is 0 Å². The number of nitriles is 1. The molecule has 2 atom stereocenters. The molecule has 8 heteroatoms. The Bertz CT molecular complexity index is 1660. The van der Waals surface area contributed by atoms with E-state index >= 15 is 0 Å². The Morgan fingerprint density at radius 3 is 2.46 bits per heavy atom. The van der Waals surface area contributed by atoms with E-state index in [2.05, 4.69) is 35.2 Å². The quantitative estimate of drug-likeness (QED) is 0.304. The van der Waals surface area contributed by atoms with E-state index < -0.39 is 5.79 Å². The van der Waals surface area contributed by atoms with Gasteiger partial charge in [-0.2, -0.15) is 15.3 Å². The van der Waals surface area contributed by atoms with Crippen molar-refractivity contribution < 1.29 is 9.47 Å². The minimum absolute atomic E-state index is 0.0201. The summed E-state index contributed by atoms with van der Waals surface area (Å²) in [7, 11) is 0. The van der Waals surface area contributed by atoms with Crippen LogP contribution in [0.2, 0.25) is 0 Å². The molecule has 8 nitrogen and oxygen atoms in total. The second kappa shape index (κ2) is 10.6. The van der Waals surface area contributed by atoms with E-state index in [1.807, 2.05) is 45.5 Å². The third-order valence-electron chi connectivity index (χ3n) is 9.21. The summed E-state index contributed by atoms with van der Waals surface area (Å²) in [4.78, 5) is 18.9. The Morgan fingerprint density at radius 2 is 1.76 bits per heavy atom. The van der Waals surface area contributed by atoms with Crippen LogP contribution in [0.15, 0.2) is 59.7 Å². The summed E-state index contributed by atoms with van der Waals surface area (Å²) in [5.41, 5.74) is 5.33. The van der Waals surface area contributed by atoms with Crippen LogP contribution >= 0.6 is 0 Å². The summed E-state index contributed by atoms with van der Waals surface area (Å²) in [6.07, 6.45) is 10.7. The number of aromatic nitrogens is 4. The zero-order valence-electron chi connectivity index (χ0n) is 23.5. The molecule has 1 saturated heterocycles. The highest BCUT2D eigenvalue weighted by Crippen LogP contribution is 2.47. The van der Waals surface area contributed by atoms with Crippen molar-refractivity contribution >= 4 is 5.78 Å². The lowest BCUT2D eigenvalue weighted by Gasteiger charge is -2.37. The molecule has 7 rings (SSSR count). The Kier molecular flexibility index (Phi) is 6.72. The Balaban J connectivity index is 1.21. The van der Waals surface area contributed by atoms with Crippen molar-refractivity contribution in [1.29, 1.82) is 5.26 Å². The van der Waals surface area contributed by atoms with Gasteiger partial charge in [-0.05, 0) is 61.3 Å². The van der Waals surface area contributed by atoms with Crippen molar-refractivity contribution in [3.05, 3.63) is 87.6 Å².